The van der Waals surface area contributed by atoms with E-state index in [-0.39, 0.29) is 15.7 Å². The van der Waals surface area contributed by atoms with E-state index in [2.05, 4.69) is 4.98 Å². The van der Waals surface area contributed by atoms with Gasteiger partial charge in [-0.05, 0) is 18.2 Å². The number of carboxylic acids is 1. The van der Waals surface area contributed by atoms with E-state index in [0.717, 1.165) is 0 Å². The number of carboxylic acid groups (broad SMARTS) is 1. The minimum absolute atomic E-state index is 0.108. The molecule has 0 saturated carbocycles. The molecule has 18 heavy (non-hydrogen) atoms. The molecule has 2 rings (SSSR count). The van der Waals surface area contributed by atoms with Gasteiger partial charge in [-0.2, -0.15) is 0 Å². The van der Waals surface area contributed by atoms with Crippen LogP contribution in [0.5, 0.6) is 0 Å². The smallest absolute Gasteiger partial charge is 0.355 e. The second-order valence-corrected chi connectivity index (χ2v) is 4.70. The van der Waals surface area contributed by atoms with Crippen molar-refractivity contribution in [1.82, 2.24) is 4.98 Å². The van der Waals surface area contributed by atoms with Gasteiger partial charge in [0.1, 0.15) is 0 Å². The zero-order valence-electron chi connectivity index (χ0n) is 8.82. The molecule has 0 fully saturated rings. The molecule has 6 heteroatoms. The van der Waals surface area contributed by atoms with Crippen molar-refractivity contribution in [2.24, 2.45) is 0 Å². The first-order valence-corrected chi connectivity index (χ1v) is 5.97. The SMILES string of the molecule is O=C(O)c1ncccc1-c1c(Cl)cc(Cl)cc1Cl. The molecule has 0 bridgehead atoms. The fourth-order valence-electron chi connectivity index (χ4n) is 1.58. The Morgan fingerprint density at radius 2 is 1.78 bits per heavy atom. The van der Waals surface area contributed by atoms with Crippen LogP contribution in [0.25, 0.3) is 11.1 Å². The molecule has 0 atom stereocenters. The first-order valence-electron chi connectivity index (χ1n) is 4.84. The molecule has 0 aliphatic rings. The van der Waals surface area contributed by atoms with E-state index in [1.807, 2.05) is 0 Å². The fraction of sp³-hybridized carbons (Fsp3) is 0. The molecule has 2 aromatic rings. The summed E-state index contributed by atoms with van der Waals surface area (Å²) in [6.07, 6.45) is 1.39. The van der Waals surface area contributed by atoms with Crippen LogP contribution in [0.15, 0.2) is 30.5 Å². The van der Waals surface area contributed by atoms with Crippen LogP contribution in [0.2, 0.25) is 15.1 Å². The van der Waals surface area contributed by atoms with Crippen molar-refractivity contribution in [3.8, 4) is 11.1 Å². The Kier molecular flexibility index (Phi) is 3.76. The number of hydrogen-bond donors (Lipinski definition) is 1. The highest BCUT2D eigenvalue weighted by atomic mass is 35.5. The number of nitrogens with zero attached hydrogens (tertiary/aromatic N) is 1. The van der Waals surface area contributed by atoms with Crippen molar-refractivity contribution in [3.63, 3.8) is 0 Å². The van der Waals surface area contributed by atoms with E-state index in [4.69, 9.17) is 39.9 Å². The molecule has 0 amide bonds. The lowest BCUT2D eigenvalue weighted by molar-refractivity contribution is 0.0691. The van der Waals surface area contributed by atoms with Crippen LogP contribution >= 0.6 is 34.8 Å². The van der Waals surface area contributed by atoms with Gasteiger partial charge >= 0.3 is 5.97 Å². The zero-order valence-corrected chi connectivity index (χ0v) is 11.1. The monoisotopic (exact) mass is 301 g/mol. The van der Waals surface area contributed by atoms with Gasteiger partial charge in [-0.25, -0.2) is 9.78 Å². The van der Waals surface area contributed by atoms with Gasteiger partial charge in [0.15, 0.2) is 5.69 Å². The maximum atomic E-state index is 11.1. The molecule has 3 nitrogen and oxygen atoms in total. The summed E-state index contributed by atoms with van der Waals surface area (Å²) in [5, 5.41) is 10.0. The van der Waals surface area contributed by atoms with E-state index in [9.17, 15) is 4.79 Å². The molecule has 0 unspecified atom stereocenters. The molecule has 0 saturated heterocycles. The minimum atomic E-state index is -1.15. The third-order valence-corrected chi connectivity index (χ3v) is 3.10. The molecule has 1 N–H and O–H groups in total. The number of benzene rings is 1. The van der Waals surface area contributed by atoms with Gasteiger partial charge in [0.25, 0.3) is 0 Å². The van der Waals surface area contributed by atoms with Gasteiger partial charge in [-0.3, -0.25) is 0 Å². The molecular weight excluding hydrogens is 296 g/mol. The van der Waals surface area contributed by atoms with Crippen LogP contribution in [0.1, 0.15) is 10.5 Å². The summed E-state index contributed by atoms with van der Waals surface area (Å²) in [6.45, 7) is 0. The highest BCUT2D eigenvalue weighted by molar-refractivity contribution is 6.42. The number of rotatable bonds is 2. The van der Waals surface area contributed by atoms with E-state index in [0.29, 0.717) is 16.1 Å². The second-order valence-electron chi connectivity index (χ2n) is 3.45. The summed E-state index contributed by atoms with van der Waals surface area (Å²) in [6, 6.07) is 6.21. The van der Waals surface area contributed by atoms with Gasteiger partial charge in [0, 0.05) is 22.3 Å². The van der Waals surface area contributed by atoms with Crippen LogP contribution in [-0.2, 0) is 0 Å². The van der Waals surface area contributed by atoms with Gasteiger partial charge in [-0.15, -0.1) is 0 Å². The predicted octanol–water partition coefficient (Wildman–Crippen LogP) is 4.41. The van der Waals surface area contributed by atoms with Crippen molar-refractivity contribution in [3.05, 3.63) is 51.2 Å². The predicted molar refractivity (Wildman–Crippen MR) is 71.7 cm³/mol. The number of carbonyl (C=O) groups is 1. The molecule has 92 valence electrons. The highest BCUT2D eigenvalue weighted by Gasteiger charge is 2.18. The van der Waals surface area contributed by atoms with E-state index in [1.54, 1.807) is 12.1 Å². The number of aromatic nitrogens is 1. The quantitative estimate of drug-likeness (QED) is 0.894. The molecule has 0 radical (unpaired) electrons. The number of halogens is 3. The zero-order chi connectivity index (χ0) is 13.3. The van der Waals surface area contributed by atoms with Gasteiger partial charge in [0.05, 0.1) is 10.0 Å². The van der Waals surface area contributed by atoms with E-state index < -0.39 is 5.97 Å². The lowest BCUT2D eigenvalue weighted by Crippen LogP contribution is -2.03. The molecule has 0 aliphatic carbocycles. The lowest BCUT2D eigenvalue weighted by atomic mass is 10.0. The van der Waals surface area contributed by atoms with Crippen LogP contribution in [0, 0.1) is 0 Å². The van der Waals surface area contributed by atoms with Gasteiger partial charge < -0.3 is 5.11 Å². The fourth-order valence-corrected chi connectivity index (χ4v) is 2.60. The molecule has 1 heterocycles. The first kappa shape index (κ1) is 13.1. The first-order chi connectivity index (χ1) is 8.50. The average molecular weight is 303 g/mol. The van der Waals surface area contributed by atoms with Crippen molar-refractivity contribution in [2.45, 2.75) is 0 Å². The van der Waals surface area contributed by atoms with Crippen molar-refractivity contribution >= 4 is 40.8 Å². The molecule has 0 aliphatic heterocycles. The van der Waals surface area contributed by atoms with Crippen molar-refractivity contribution < 1.29 is 9.90 Å². The van der Waals surface area contributed by atoms with Crippen LogP contribution < -0.4 is 0 Å². The molecular formula is C12H6Cl3NO2. The largest absolute Gasteiger partial charge is 0.476 e. The molecule has 1 aromatic carbocycles. The number of pyridine rings is 1. The topological polar surface area (TPSA) is 50.2 Å². The van der Waals surface area contributed by atoms with Crippen molar-refractivity contribution in [1.29, 1.82) is 0 Å². The summed E-state index contributed by atoms with van der Waals surface area (Å²) < 4.78 is 0. The Hall–Kier alpha value is -1.29. The van der Waals surface area contributed by atoms with Crippen molar-refractivity contribution in [2.75, 3.05) is 0 Å². The number of aromatic carboxylic acids is 1. The Morgan fingerprint density at radius 1 is 1.17 bits per heavy atom. The third-order valence-electron chi connectivity index (χ3n) is 2.29. The van der Waals surface area contributed by atoms with Gasteiger partial charge in [0.2, 0.25) is 0 Å². The maximum Gasteiger partial charge on any atom is 0.355 e. The second kappa shape index (κ2) is 5.14. The van der Waals surface area contributed by atoms with Gasteiger partial charge in [-0.1, -0.05) is 40.9 Å². The number of hydrogen-bond acceptors (Lipinski definition) is 2. The summed E-state index contributed by atoms with van der Waals surface area (Å²) in [7, 11) is 0. The average Bonchev–Trinajstić information content (AvgIpc) is 2.28. The van der Waals surface area contributed by atoms with Crippen LogP contribution in [-0.4, -0.2) is 16.1 Å². The standard InChI is InChI=1S/C12H6Cl3NO2/c13-6-4-8(14)10(9(15)5-6)7-2-1-3-16-11(7)12(17)18/h1-5H,(H,17,18). The summed E-state index contributed by atoms with van der Waals surface area (Å²) in [4.78, 5) is 14.9. The maximum absolute atomic E-state index is 11.1. The van der Waals surface area contributed by atoms with E-state index >= 15 is 0 Å². The van der Waals surface area contributed by atoms with E-state index in [1.165, 1.54) is 18.3 Å². The van der Waals surface area contributed by atoms with Crippen LogP contribution in [0.3, 0.4) is 0 Å². The Morgan fingerprint density at radius 3 is 2.33 bits per heavy atom. The Bertz CT molecular complexity index is 605. The highest BCUT2D eigenvalue weighted by Crippen LogP contribution is 2.38. The summed E-state index contributed by atoms with van der Waals surface area (Å²) in [5.41, 5.74) is 0.661. The molecule has 0 spiro atoms. The summed E-state index contributed by atoms with van der Waals surface area (Å²) in [5.74, 6) is -1.15. The normalized spacial score (nSPS) is 10.4. The lowest BCUT2D eigenvalue weighted by Gasteiger charge is -2.09. The third kappa shape index (κ3) is 2.43. The Balaban J connectivity index is 2.74. The molecule has 1 aromatic heterocycles. The minimum Gasteiger partial charge on any atom is -0.476 e. The van der Waals surface area contributed by atoms with Crippen LogP contribution in [0.4, 0.5) is 0 Å². The summed E-state index contributed by atoms with van der Waals surface area (Å²) >= 11 is 17.9. The Labute approximate surface area is 118 Å².